The van der Waals surface area contributed by atoms with Crippen LogP contribution in [0.2, 0.25) is 0 Å². The Morgan fingerprint density at radius 1 is 1.00 bits per heavy atom. The molecule has 0 fully saturated rings. The molecule has 0 aliphatic carbocycles. The van der Waals surface area contributed by atoms with Crippen molar-refractivity contribution in [3.63, 3.8) is 0 Å². The highest BCUT2D eigenvalue weighted by molar-refractivity contribution is 5.37. The third kappa shape index (κ3) is 4.25. The van der Waals surface area contributed by atoms with Crippen LogP contribution in [0.4, 0.5) is 0 Å². The number of hydrogen-bond donors (Lipinski definition) is 0. The van der Waals surface area contributed by atoms with E-state index in [2.05, 4.69) is 13.0 Å². The molecule has 0 saturated carbocycles. The Kier molecular flexibility index (Phi) is 5.22. The van der Waals surface area contributed by atoms with Crippen LogP contribution in [-0.2, 0) is 6.61 Å². The quantitative estimate of drug-likeness (QED) is 0.795. The van der Waals surface area contributed by atoms with Crippen LogP contribution in [0.3, 0.4) is 0 Å². The Balaban J connectivity index is 1.95. The predicted molar refractivity (Wildman–Crippen MR) is 82.5 cm³/mol. The maximum atomic E-state index is 8.86. The van der Waals surface area contributed by atoms with Crippen molar-refractivity contribution in [3.8, 4) is 17.6 Å². The predicted octanol–water partition coefficient (Wildman–Crippen LogP) is 4.23. The summed E-state index contributed by atoms with van der Waals surface area (Å²) in [4.78, 5) is 0. The second-order valence-electron chi connectivity index (χ2n) is 4.86. The van der Waals surface area contributed by atoms with Gasteiger partial charge in [-0.3, -0.25) is 0 Å². The average Bonchev–Trinajstić information content (AvgIpc) is 2.52. The summed E-state index contributed by atoms with van der Waals surface area (Å²) in [5.74, 6) is 1.67. The third-order valence-corrected chi connectivity index (χ3v) is 3.16. The first-order valence-corrected chi connectivity index (χ1v) is 7.08. The van der Waals surface area contributed by atoms with Crippen molar-refractivity contribution in [2.75, 3.05) is 6.61 Å². The molecule has 108 valence electrons. The molecule has 0 saturated heterocycles. The molecule has 0 unspecified atom stereocenters. The van der Waals surface area contributed by atoms with E-state index in [0.717, 1.165) is 35.7 Å². The summed E-state index contributed by atoms with van der Waals surface area (Å²) in [6, 6.07) is 15.4. The van der Waals surface area contributed by atoms with Crippen molar-refractivity contribution in [2.24, 2.45) is 0 Å². The van der Waals surface area contributed by atoms with Gasteiger partial charge in [0.05, 0.1) is 18.2 Å². The summed E-state index contributed by atoms with van der Waals surface area (Å²) < 4.78 is 11.3. The molecule has 0 N–H and O–H groups in total. The highest BCUT2D eigenvalue weighted by Gasteiger charge is 2.02. The molecule has 2 aromatic rings. The lowest BCUT2D eigenvalue weighted by molar-refractivity contribution is 0.301. The van der Waals surface area contributed by atoms with Gasteiger partial charge in [0.15, 0.2) is 0 Å². The van der Waals surface area contributed by atoms with E-state index >= 15 is 0 Å². The molecule has 0 spiro atoms. The summed E-state index contributed by atoms with van der Waals surface area (Å²) in [6.45, 7) is 5.29. The van der Waals surface area contributed by atoms with Crippen molar-refractivity contribution in [2.45, 2.75) is 26.9 Å². The summed E-state index contributed by atoms with van der Waals surface area (Å²) in [5.41, 5.74) is 2.82. The zero-order chi connectivity index (χ0) is 15.1. The number of aryl methyl sites for hydroxylation is 1. The highest BCUT2D eigenvalue weighted by atomic mass is 16.5. The topological polar surface area (TPSA) is 42.2 Å². The minimum Gasteiger partial charge on any atom is -0.494 e. The van der Waals surface area contributed by atoms with E-state index < -0.39 is 0 Å². The Labute approximate surface area is 125 Å². The molecule has 0 aliphatic heterocycles. The molecule has 0 heterocycles. The van der Waals surface area contributed by atoms with Gasteiger partial charge >= 0.3 is 0 Å². The van der Waals surface area contributed by atoms with Gasteiger partial charge in [0.2, 0.25) is 0 Å². The number of nitriles is 1. The van der Waals surface area contributed by atoms with E-state index in [1.54, 1.807) is 0 Å². The van der Waals surface area contributed by atoms with Crippen LogP contribution in [0.15, 0.2) is 42.5 Å². The standard InChI is InChI=1S/C18H19NO2/c1-3-10-20-17-6-8-18(9-7-17)21-13-16-5-4-15(12-19)11-14(16)2/h4-9,11H,3,10,13H2,1-2H3. The minimum absolute atomic E-state index is 0.493. The van der Waals surface area contributed by atoms with Gasteiger partial charge in [-0.2, -0.15) is 5.26 Å². The molecule has 0 aliphatic rings. The number of benzene rings is 2. The van der Waals surface area contributed by atoms with E-state index in [4.69, 9.17) is 14.7 Å². The van der Waals surface area contributed by atoms with E-state index in [9.17, 15) is 0 Å². The van der Waals surface area contributed by atoms with Crippen molar-refractivity contribution in [1.29, 1.82) is 5.26 Å². The zero-order valence-electron chi connectivity index (χ0n) is 12.4. The first-order chi connectivity index (χ1) is 10.2. The summed E-state index contributed by atoms with van der Waals surface area (Å²) in [7, 11) is 0. The number of nitrogens with zero attached hydrogens (tertiary/aromatic N) is 1. The Bertz CT molecular complexity index is 627. The Morgan fingerprint density at radius 2 is 1.67 bits per heavy atom. The van der Waals surface area contributed by atoms with Crippen LogP contribution >= 0.6 is 0 Å². The lowest BCUT2D eigenvalue weighted by Crippen LogP contribution is -1.99. The van der Waals surface area contributed by atoms with Crippen LogP contribution in [0, 0.1) is 18.3 Å². The molecule has 2 rings (SSSR count). The zero-order valence-corrected chi connectivity index (χ0v) is 12.4. The average molecular weight is 281 g/mol. The van der Waals surface area contributed by atoms with E-state index in [1.807, 2.05) is 49.4 Å². The van der Waals surface area contributed by atoms with Crippen LogP contribution in [0.5, 0.6) is 11.5 Å². The van der Waals surface area contributed by atoms with Crippen LogP contribution < -0.4 is 9.47 Å². The van der Waals surface area contributed by atoms with Gasteiger partial charge in [-0.15, -0.1) is 0 Å². The third-order valence-electron chi connectivity index (χ3n) is 3.16. The maximum Gasteiger partial charge on any atom is 0.120 e. The molecule has 2 aromatic carbocycles. The molecule has 0 aromatic heterocycles. The fraction of sp³-hybridized carbons (Fsp3) is 0.278. The van der Waals surface area contributed by atoms with Gasteiger partial charge in [0.25, 0.3) is 0 Å². The molecule has 3 nitrogen and oxygen atoms in total. The Morgan fingerprint density at radius 3 is 2.24 bits per heavy atom. The normalized spacial score (nSPS) is 9.95. The smallest absolute Gasteiger partial charge is 0.120 e. The lowest BCUT2D eigenvalue weighted by Gasteiger charge is -2.10. The maximum absolute atomic E-state index is 8.86. The van der Waals surface area contributed by atoms with Crippen LogP contribution in [0.1, 0.15) is 30.0 Å². The van der Waals surface area contributed by atoms with Gasteiger partial charge in [-0.05, 0) is 60.9 Å². The molecule has 21 heavy (non-hydrogen) atoms. The second-order valence-corrected chi connectivity index (χ2v) is 4.86. The lowest BCUT2D eigenvalue weighted by atomic mass is 10.1. The monoisotopic (exact) mass is 281 g/mol. The molecule has 3 heteroatoms. The molecule has 0 amide bonds. The van der Waals surface area contributed by atoms with Crippen molar-refractivity contribution >= 4 is 0 Å². The number of rotatable bonds is 6. The molecule has 0 radical (unpaired) electrons. The Hall–Kier alpha value is -2.47. The number of hydrogen-bond acceptors (Lipinski definition) is 3. The van der Waals surface area contributed by atoms with Crippen molar-refractivity contribution < 1.29 is 9.47 Å². The van der Waals surface area contributed by atoms with Gasteiger partial charge in [-0.1, -0.05) is 13.0 Å². The fourth-order valence-corrected chi connectivity index (χ4v) is 1.94. The molecular weight excluding hydrogens is 262 g/mol. The fourth-order valence-electron chi connectivity index (χ4n) is 1.94. The van der Waals surface area contributed by atoms with Gasteiger partial charge < -0.3 is 9.47 Å². The van der Waals surface area contributed by atoms with E-state index in [0.29, 0.717) is 12.2 Å². The first kappa shape index (κ1) is 14.9. The minimum atomic E-state index is 0.493. The van der Waals surface area contributed by atoms with E-state index in [1.165, 1.54) is 0 Å². The number of ether oxygens (including phenoxy) is 2. The van der Waals surface area contributed by atoms with Crippen molar-refractivity contribution in [1.82, 2.24) is 0 Å². The van der Waals surface area contributed by atoms with Crippen LogP contribution in [0.25, 0.3) is 0 Å². The SMILES string of the molecule is CCCOc1ccc(OCc2ccc(C#N)cc2C)cc1. The largest absolute Gasteiger partial charge is 0.494 e. The summed E-state index contributed by atoms with van der Waals surface area (Å²) >= 11 is 0. The first-order valence-electron chi connectivity index (χ1n) is 7.08. The van der Waals surface area contributed by atoms with Gasteiger partial charge in [0, 0.05) is 0 Å². The molecule has 0 atom stereocenters. The highest BCUT2D eigenvalue weighted by Crippen LogP contribution is 2.20. The van der Waals surface area contributed by atoms with E-state index in [-0.39, 0.29) is 0 Å². The van der Waals surface area contributed by atoms with Gasteiger partial charge in [0.1, 0.15) is 18.1 Å². The van der Waals surface area contributed by atoms with Crippen molar-refractivity contribution in [3.05, 3.63) is 59.2 Å². The van der Waals surface area contributed by atoms with Crippen LogP contribution in [-0.4, -0.2) is 6.61 Å². The second kappa shape index (κ2) is 7.35. The summed E-state index contributed by atoms with van der Waals surface area (Å²) in [6.07, 6.45) is 0.996. The van der Waals surface area contributed by atoms with Gasteiger partial charge in [-0.25, -0.2) is 0 Å². The molecular formula is C18H19NO2. The molecule has 0 bridgehead atoms. The summed E-state index contributed by atoms with van der Waals surface area (Å²) in [5, 5.41) is 8.86.